The van der Waals surface area contributed by atoms with E-state index in [-0.39, 0.29) is 0 Å². The first-order chi connectivity index (χ1) is 12.2. The van der Waals surface area contributed by atoms with Crippen molar-refractivity contribution in [2.45, 2.75) is 0 Å². The summed E-state index contributed by atoms with van der Waals surface area (Å²) in [5.41, 5.74) is 4.01. The van der Waals surface area contributed by atoms with Crippen LogP contribution in [-0.2, 0) is 0 Å². The molecule has 3 aromatic rings. The van der Waals surface area contributed by atoms with Gasteiger partial charge >= 0.3 is 0 Å². The molecule has 0 aromatic heterocycles. The molecular weight excluding hydrogens is 306 g/mol. The first-order valence-corrected chi connectivity index (χ1v) is 8.04. The summed E-state index contributed by atoms with van der Waals surface area (Å²) in [5, 5.41) is 0. The van der Waals surface area contributed by atoms with Gasteiger partial charge < -0.3 is 4.90 Å². The Morgan fingerprint density at radius 2 is 1.16 bits per heavy atom. The van der Waals surface area contributed by atoms with Crippen LogP contribution >= 0.6 is 0 Å². The molecule has 124 valence electrons. The van der Waals surface area contributed by atoms with E-state index in [4.69, 9.17) is 0 Å². The molecule has 25 heavy (non-hydrogen) atoms. The summed E-state index contributed by atoms with van der Waals surface area (Å²) in [4.78, 5) is 12.1. The zero-order chi connectivity index (χ0) is 17.9. The van der Waals surface area contributed by atoms with E-state index in [1.54, 1.807) is 12.1 Å². The van der Waals surface area contributed by atoms with Crippen molar-refractivity contribution in [1.29, 1.82) is 0 Å². The molecule has 0 radical (unpaired) electrons. The molecule has 0 spiro atoms. The lowest BCUT2D eigenvalue weighted by molar-refractivity contribution is 0.112. The third-order valence-electron chi connectivity index (χ3n) is 3.44. The average Bonchev–Trinajstić information content (AvgIpc) is 2.68. The highest BCUT2D eigenvalue weighted by Gasteiger charge is 1.93. The summed E-state index contributed by atoms with van der Waals surface area (Å²) >= 11 is 0. The number of carbonyl (C=O) groups excluding carboxylic acids is 1. The molecule has 0 unspecified atom stereocenters. The lowest BCUT2D eigenvalue weighted by Crippen LogP contribution is -2.07. The number of carbonyl (C=O) groups is 1. The summed E-state index contributed by atoms with van der Waals surface area (Å²) in [5.74, 6) is 6.30. The van der Waals surface area contributed by atoms with Gasteiger partial charge in [-0.1, -0.05) is 60.4 Å². The van der Waals surface area contributed by atoms with Gasteiger partial charge in [0.05, 0.1) is 0 Å². The third-order valence-corrected chi connectivity index (χ3v) is 3.44. The SMILES string of the molecule is CN(C)c1ccc(C#Cc2ccccc2)cc1.O=Cc1ccccc1. The Balaban J connectivity index is 0.000000236. The quantitative estimate of drug-likeness (QED) is 0.504. The van der Waals surface area contributed by atoms with Gasteiger partial charge in [0.15, 0.2) is 0 Å². The molecule has 0 aliphatic heterocycles. The van der Waals surface area contributed by atoms with Crippen molar-refractivity contribution in [2.24, 2.45) is 0 Å². The Morgan fingerprint density at radius 1 is 0.680 bits per heavy atom. The molecule has 0 amide bonds. The van der Waals surface area contributed by atoms with Crippen molar-refractivity contribution in [2.75, 3.05) is 19.0 Å². The number of benzene rings is 3. The molecule has 0 saturated heterocycles. The zero-order valence-electron chi connectivity index (χ0n) is 14.5. The highest BCUT2D eigenvalue weighted by Crippen LogP contribution is 2.11. The van der Waals surface area contributed by atoms with Gasteiger partial charge in [-0.3, -0.25) is 4.79 Å². The van der Waals surface area contributed by atoms with Crippen LogP contribution in [0.2, 0.25) is 0 Å². The van der Waals surface area contributed by atoms with Gasteiger partial charge in [-0.05, 0) is 36.4 Å². The Hall–Kier alpha value is -3.31. The van der Waals surface area contributed by atoms with Crippen LogP contribution in [-0.4, -0.2) is 20.4 Å². The van der Waals surface area contributed by atoms with E-state index in [9.17, 15) is 4.79 Å². The normalized spacial score (nSPS) is 9.04. The second kappa shape index (κ2) is 9.75. The van der Waals surface area contributed by atoms with E-state index in [0.29, 0.717) is 0 Å². The van der Waals surface area contributed by atoms with Gasteiger partial charge in [-0.25, -0.2) is 0 Å². The van der Waals surface area contributed by atoms with Crippen LogP contribution in [0.25, 0.3) is 0 Å². The van der Waals surface area contributed by atoms with Gasteiger partial charge in [0.25, 0.3) is 0 Å². The number of anilines is 1. The molecule has 3 rings (SSSR count). The molecule has 0 saturated carbocycles. The molecule has 0 heterocycles. The highest BCUT2D eigenvalue weighted by atomic mass is 16.1. The van der Waals surface area contributed by atoms with E-state index in [1.165, 1.54) is 5.69 Å². The first-order valence-electron chi connectivity index (χ1n) is 8.04. The minimum absolute atomic E-state index is 0.729. The molecule has 0 N–H and O–H groups in total. The summed E-state index contributed by atoms with van der Waals surface area (Å²) in [6.07, 6.45) is 0.833. The summed E-state index contributed by atoms with van der Waals surface area (Å²) < 4.78 is 0. The molecule has 0 bridgehead atoms. The maximum absolute atomic E-state index is 10.0. The molecule has 0 aliphatic carbocycles. The maximum Gasteiger partial charge on any atom is 0.150 e. The number of hydrogen-bond donors (Lipinski definition) is 0. The monoisotopic (exact) mass is 327 g/mol. The van der Waals surface area contributed by atoms with Crippen molar-refractivity contribution in [3.8, 4) is 11.8 Å². The van der Waals surface area contributed by atoms with Crippen LogP contribution in [0, 0.1) is 11.8 Å². The summed E-state index contributed by atoms with van der Waals surface area (Å²) in [6, 6.07) is 27.4. The van der Waals surface area contributed by atoms with E-state index >= 15 is 0 Å². The summed E-state index contributed by atoms with van der Waals surface area (Å²) in [6.45, 7) is 0. The van der Waals surface area contributed by atoms with Crippen molar-refractivity contribution in [3.63, 3.8) is 0 Å². The van der Waals surface area contributed by atoms with E-state index < -0.39 is 0 Å². The summed E-state index contributed by atoms with van der Waals surface area (Å²) in [7, 11) is 4.06. The largest absolute Gasteiger partial charge is 0.378 e. The van der Waals surface area contributed by atoms with Gasteiger partial charge in [-0.2, -0.15) is 0 Å². The molecule has 3 aromatic carbocycles. The van der Waals surface area contributed by atoms with E-state index in [0.717, 1.165) is 23.0 Å². The maximum atomic E-state index is 10.0. The van der Waals surface area contributed by atoms with Gasteiger partial charge in [0.2, 0.25) is 0 Å². The van der Waals surface area contributed by atoms with Crippen molar-refractivity contribution in [3.05, 3.63) is 102 Å². The zero-order valence-corrected chi connectivity index (χ0v) is 14.5. The Morgan fingerprint density at radius 3 is 1.60 bits per heavy atom. The van der Waals surface area contributed by atoms with Gasteiger partial charge in [0.1, 0.15) is 6.29 Å². The standard InChI is InChI=1S/C16H15N.C7H6O/c1-17(2)16-12-10-15(11-13-16)9-8-14-6-4-3-5-7-14;8-6-7-4-2-1-3-5-7/h3-7,10-13H,1-2H3;1-6H. The molecule has 0 atom stereocenters. The number of hydrogen-bond acceptors (Lipinski definition) is 2. The van der Waals surface area contributed by atoms with Crippen LogP contribution in [0.5, 0.6) is 0 Å². The van der Waals surface area contributed by atoms with Crippen LogP contribution < -0.4 is 4.90 Å². The minimum atomic E-state index is 0.729. The fraction of sp³-hybridized carbons (Fsp3) is 0.0870. The Labute approximate surface area is 149 Å². The van der Waals surface area contributed by atoms with E-state index in [2.05, 4.69) is 28.9 Å². The van der Waals surface area contributed by atoms with Crippen molar-refractivity contribution < 1.29 is 4.79 Å². The van der Waals surface area contributed by atoms with Gasteiger partial charge in [0, 0.05) is 36.5 Å². The fourth-order valence-electron chi connectivity index (χ4n) is 2.04. The van der Waals surface area contributed by atoms with E-state index in [1.807, 2.05) is 74.8 Å². The van der Waals surface area contributed by atoms with Gasteiger partial charge in [-0.15, -0.1) is 0 Å². The Kier molecular flexibility index (Phi) is 7.03. The van der Waals surface area contributed by atoms with Crippen molar-refractivity contribution in [1.82, 2.24) is 0 Å². The molecule has 0 fully saturated rings. The number of rotatable bonds is 2. The predicted octanol–water partition coefficient (Wildman–Crippen LogP) is 4.65. The lowest BCUT2D eigenvalue weighted by Gasteiger charge is -2.11. The minimum Gasteiger partial charge on any atom is -0.378 e. The first kappa shape index (κ1) is 18.0. The second-order valence-corrected chi connectivity index (χ2v) is 5.59. The molecule has 0 aliphatic rings. The molecule has 2 heteroatoms. The Bertz CT molecular complexity index is 826. The second-order valence-electron chi connectivity index (χ2n) is 5.59. The van der Waals surface area contributed by atoms with Crippen LogP contribution in [0.3, 0.4) is 0 Å². The highest BCUT2D eigenvalue weighted by molar-refractivity contribution is 5.74. The van der Waals surface area contributed by atoms with Crippen LogP contribution in [0.15, 0.2) is 84.9 Å². The molecular formula is C23H21NO. The topological polar surface area (TPSA) is 20.3 Å². The number of nitrogens with zero attached hydrogens (tertiary/aromatic N) is 1. The average molecular weight is 327 g/mol. The van der Waals surface area contributed by atoms with Crippen molar-refractivity contribution >= 4 is 12.0 Å². The predicted molar refractivity (Wildman–Crippen MR) is 105 cm³/mol. The third kappa shape index (κ3) is 6.37. The smallest absolute Gasteiger partial charge is 0.150 e. The van der Waals surface area contributed by atoms with Crippen LogP contribution in [0.4, 0.5) is 5.69 Å². The van der Waals surface area contributed by atoms with Crippen LogP contribution in [0.1, 0.15) is 21.5 Å². The lowest BCUT2D eigenvalue weighted by atomic mass is 10.1. The fourth-order valence-corrected chi connectivity index (χ4v) is 2.04. The number of aldehydes is 1. The molecule has 2 nitrogen and oxygen atoms in total.